The summed E-state index contributed by atoms with van der Waals surface area (Å²) in [6.45, 7) is 0. The van der Waals surface area contributed by atoms with Crippen molar-refractivity contribution in [2.45, 2.75) is 0 Å². The normalized spacial score (nSPS) is 8.10. The Kier molecular flexibility index (Phi) is 3.69. The summed E-state index contributed by atoms with van der Waals surface area (Å²) in [4.78, 5) is 10.4. The van der Waals surface area contributed by atoms with Crippen LogP contribution in [0, 0.1) is 0 Å². The van der Waals surface area contributed by atoms with Gasteiger partial charge in [0, 0.05) is 5.56 Å². The molecule has 0 aromatic heterocycles. The number of benzene rings is 1. The molecule has 0 saturated heterocycles. The first-order valence-electron chi connectivity index (χ1n) is 2.55. The third-order valence-electron chi connectivity index (χ3n) is 1.00. The van der Waals surface area contributed by atoms with Gasteiger partial charge in [-0.15, -0.1) is 0 Å². The number of hydrogen-bond donors (Lipinski definition) is 1. The van der Waals surface area contributed by atoms with Crippen molar-refractivity contribution in [3.05, 3.63) is 35.9 Å². The lowest BCUT2D eigenvalue weighted by atomic mass is 10.2. The molecule has 0 unspecified atom stereocenters. The lowest BCUT2D eigenvalue weighted by molar-refractivity contribution is 0.108. The van der Waals surface area contributed by atoms with Crippen molar-refractivity contribution >= 4 is 16.8 Å². The summed E-state index contributed by atoms with van der Waals surface area (Å²) in [7, 11) is 0. The van der Waals surface area contributed by atoms with Gasteiger partial charge in [0.1, 0.15) is 0 Å². The van der Waals surface area contributed by atoms with E-state index in [9.17, 15) is 4.79 Å². The largest absolute Gasteiger partial charge is 0.344 e. The van der Waals surface area contributed by atoms with Crippen LogP contribution < -0.4 is 6.15 Å². The van der Waals surface area contributed by atoms with Gasteiger partial charge in [-0.3, -0.25) is 4.79 Å². The number of halogens is 1. The van der Waals surface area contributed by atoms with Gasteiger partial charge in [-0.2, -0.15) is 0 Å². The van der Waals surface area contributed by atoms with Gasteiger partial charge in [0.25, 0.3) is 5.24 Å². The molecule has 1 aromatic carbocycles. The Balaban J connectivity index is 0.000000810. The van der Waals surface area contributed by atoms with Gasteiger partial charge < -0.3 is 6.15 Å². The summed E-state index contributed by atoms with van der Waals surface area (Å²) in [6, 6.07) is 8.74. The molecule has 0 saturated carbocycles. The highest BCUT2D eigenvalue weighted by Gasteiger charge is 1.95. The van der Waals surface area contributed by atoms with Gasteiger partial charge in [-0.05, 0) is 11.6 Å². The quantitative estimate of drug-likeness (QED) is 0.636. The topological polar surface area (TPSA) is 52.1 Å². The van der Waals surface area contributed by atoms with Crippen LogP contribution in [0.2, 0.25) is 0 Å². The number of carbonyl (C=O) groups is 1. The second kappa shape index (κ2) is 4.04. The smallest absolute Gasteiger partial charge is 0.252 e. The van der Waals surface area contributed by atoms with Gasteiger partial charge in [-0.25, -0.2) is 0 Å². The van der Waals surface area contributed by atoms with Gasteiger partial charge in [0.15, 0.2) is 0 Å². The van der Waals surface area contributed by atoms with Crippen LogP contribution in [0.5, 0.6) is 0 Å². The summed E-state index contributed by atoms with van der Waals surface area (Å²) in [5.74, 6) is 0. The Morgan fingerprint density at radius 1 is 1.20 bits per heavy atom. The molecule has 2 nitrogen and oxygen atoms in total. The standard InChI is InChI=1S/C7H5ClO.H3N/c8-7(9)6-4-2-1-3-5-6;/h1-5H;1H3. The summed E-state index contributed by atoms with van der Waals surface area (Å²) in [5.41, 5.74) is 0.541. The maximum Gasteiger partial charge on any atom is 0.252 e. The molecule has 10 heavy (non-hydrogen) atoms. The SMILES string of the molecule is N.O=C(Cl)c1ccccc1. The molecule has 0 fully saturated rings. The molecular weight excluding hydrogens is 150 g/mol. The van der Waals surface area contributed by atoms with E-state index in [1.807, 2.05) is 6.07 Å². The first-order chi connectivity index (χ1) is 4.30. The maximum atomic E-state index is 10.4. The summed E-state index contributed by atoms with van der Waals surface area (Å²) < 4.78 is 0. The van der Waals surface area contributed by atoms with E-state index in [2.05, 4.69) is 0 Å². The molecule has 0 aliphatic heterocycles. The predicted octanol–water partition coefficient (Wildman–Crippen LogP) is 2.23. The number of rotatable bonds is 1. The first-order valence-corrected chi connectivity index (χ1v) is 2.93. The summed E-state index contributed by atoms with van der Waals surface area (Å²) in [6.07, 6.45) is 0. The Bertz CT molecular complexity index is 210. The molecule has 0 spiro atoms. The van der Waals surface area contributed by atoms with E-state index in [4.69, 9.17) is 11.6 Å². The molecule has 0 heterocycles. The second-order valence-corrected chi connectivity index (χ2v) is 1.98. The van der Waals surface area contributed by atoms with Gasteiger partial charge in [0.05, 0.1) is 0 Å². The maximum absolute atomic E-state index is 10.4. The highest BCUT2D eigenvalue weighted by Crippen LogP contribution is 2.01. The van der Waals surface area contributed by atoms with Crippen LogP contribution in [0.25, 0.3) is 0 Å². The van der Waals surface area contributed by atoms with E-state index in [1.165, 1.54) is 0 Å². The molecule has 3 heteroatoms. The van der Waals surface area contributed by atoms with Crippen LogP contribution in [-0.2, 0) is 0 Å². The van der Waals surface area contributed by atoms with Crippen LogP contribution in [0.15, 0.2) is 30.3 Å². The molecule has 1 aromatic rings. The minimum Gasteiger partial charge on any atom is -0.344 e. The third kappa shape index (κ3) is 2.17. The average Bonchev–Trinajstić information content (AvgIpc) is 1.90. The van der Waals surface area contributed by atoms with E-state index < -0.39 is 5.24 Å². The molecule has 0 atom stereocenters. The molecular formula is C7H8ClNO. The van der Waals surface area contributed by atoms with Crippen LogP contribution in [0.1, 0.15) is 10.4 Å². The van der Waals surface area contributed by atoms with Crippen LogP contribution >= 0.6 is 11.6 Å². The fourth-order valence-electron chi connectivity index (χ4n) is 0.569. The van der Waals surface area contributed by atoms with Gasteiger partial charge >= 0.3 is 0 Å². The molecule has 0 amide bonds. The van der Waals surface area contributed by atoms with Crippen molar-refractivity contribution in [3.63, 3.8) is 0 Å². The van der Waals surface area contributed by atoms with E-state index in [1.54, 1.807) is 24.3 Å². The van der Waals surface area contributed by atoms with Crippen LogP contribution in [0.3, 0.4) is 0 Å². The van der Waals surface area contributed by atoms with E-state index in [-0.39, 0.29) is 6.15 Å². The fraction of sp³-hybridized carbons (Fsp3) is 0. The summed E-state index contributed by atoms with van der Waals surface area (Å²) in [5, 5.41) is -0.407. The number of hydrogen-bond acceptors (Lipinski definition) is 2. The monoisotopic (exact) mass is 157 g/mol. The first kappa shape index (κ1) is 9.14. The van der Waals surface area contributed by atoms with Gasteiger partial charge in [0.2, 0.25) is 0 Å². The average molecular weight is 158 g/mol. The Labute approximate surface area is 64.4 Å². The molecule has 0 bridgehead atoms. The van der Waals surface area contributed by atoms with E-state index >= 15 is 0 Å². The fourth-order valence-corrected chi connectivity index (χ4v) is 0.695. The third-order valence-corrected chi connectivity index (χ3v) is 1.22. The zero-order chi connectivity index (χ0) is 6.69. The van der Waals surface area contributed by atoms with Crippen molar-refractivity contribution in [2.24, 2.45) is 0 Å². The van der Waals surface area contributed by atoms with Crippen molar-refractivity contribution in [1.29, 1.82) is 0 Å². The Hall–Kier alpha value is -0.860. The second-order valence-electron chi connectivity index (χ2n) is 1.64. The van der Waals surface area contributed by atoms with E-state index in [0.29, 0.717) is 5.56 Å². The minimum absolute atomic E-state index is 0. The predicted molar refractivity (Wildman–Crippen MR) is 41.6 cm³/mol. The highest BCUT2D eigenvalue weighted by atomic mass is 35.5. The van der Waals surface area contributed by atoms with Crippen LogP contribution in [-0.4, -0.2) is 5.24 Å². The zero-order valence-electron chi connectivity index (χ0n) is 5.38. The molecule has 3 N–H and O–H groups in total. The molecule has 0 radical (unpaired) electrons. The number of carbonyl (C=O) groups excluding carboxylic acids is 1. The minimum atomic E-state index is -0.407. The highest BCUT2D eigenvalue weighted by molar-refractivity contribution is 6.67. The molecule has 0 aliphatic carbocycles. The molecule has 0 aliphatic rings. The molecule has 1 rings (SSSR count). The van der Waals surface area contributed by atoms with Crippen molar-refractivity contribution in [2.75, 3.05) is 0 Å². The zero-order valence-corrected chi connectivity index (χ0v) is 6.14. The Morgan fingerprint density at radius 3 is 2.00 bits per heavy atom. The van der Waals surface area contributed by atoms with Gasteiger partial charge in [-0.1, -0.05) is 30.3 Å². The Morgan fingerprint density at radius 2 is 1.70 bits per heavy atom. The molecule has 54 valence electrons. The lowest BCUT2D eigenvalue weighted by Crippen LogP contribution is -1.84. The van der Waals surface area contributed by atoms with Crippen molar-refractivity contribution in [3.8, 4) is 0 Å². The van der Waals surface area contributed by atoms with Crippen molar-refractivity contribution < 1.29 is 4.79 Å². The van der Waals surface area contributed by atoms with E-state index in [0.717, 1.165) is 0 Å². The lowest BCUT2D eigenvalue weighted by Gasteiger charge is -1.87. The van der Waals surface area contributed by atoms with Crippen molar-refractivity contribution in [1.82, 2.24) is 6.15 Å². The van der Waals surface area contributed by atoms with Crippen LogP contribution in [0.4, 0.5) is 0 Å². The summed E-state index contributed by atoms with van der Waals surface area (Å²) >= 11 is 5.16.